The normalized spacial score (nSPS) is 14.2. The van der Waals surface area contributed by atoms with Crippen molar-refractivity contribution in [3.05, 3.63) is 64.5 Å². The third-order valence-corrected chi connectivity index (χ3v) is 6.05. The molecule has 1 aliphatic heterocycles. The van der Waals surface area contributed by atoms with Gasteiger partial charge in [0.15, 0.2) is 11.6 Å². The zero-order chi connectivity index (χ0) is 25.1. The summed E-state index contributed by atoms with van der Waals surface area (Å²) in [6.45, 7) is 0.785. The van der Waals surface area contributed by atoms with Crippen LogP contribution in [0.1, 0.15) is 40.4 Å². The first-order valence-electron chi connectivity index (χ1n) is 11.1. The largest absolute Gasteiger partial charge is 0.496 e. The van der Waals surface area contributed by atoms with E-state index in [1.165, 1.54) is 25.3 Å². The van der Waals surface area contributed by atoms with Gasteiger partial charge in [0, 0.05) is 43.0 Å². The summed E-state index contributed by atoms with van der Waals surface area (Å²) in [5.41, 5.74) is 12.5. The molecule has 0 radical (unpaired) electrons. The van der Waals surface area contributed by atoms with Gasteiger partial charge >= 0.3 is 0 Å². The number of nitrogens with two attached hydrogens (primary N) is 2. The van der Waals surface area contributed by atoms with Crippen LogP contribution in [0, 0.1) is 17.5 Å². The number of aromatic nitrogens is 2. The molecule has 2 aromatic carbocycles. The average molecular weight is 489 g/mol. The van der Waals surface area contributed by atoms with Gasteiger partial charge in [0.05, 0.1) is 18.7 Å². The number of hydrogen-bond acceptors (Lipinski definition) is 6. The van der Waals surface area contributed by atoms with Crippen molar-refractivity contribution < 1.29 is 27.4 Å². The third-order valence-electron chi connectivity index (χ3n) is 6.05. The van der Waals surface area contributed by atoms with Gasteiger partial charge in [-0.1, -0.05) is 6.07 Å². The second kappa shape index (κ2) is 10.4. The molecule has 8 nitrogen and oxygen atoms in total. The molecule has 186 valence electrons. The number of benzene rings is 2. The van der Waals surface area contributed by atoms with Crippen molar-refractivity contribution in [3.63, 3.8) is 0 Å². The van der Waals surface area contributed by atoms with E-state index in [0.29, 0.717) is 37.4 Å². The Morgan fingerprint density at radius 3 is 2.63 bits per heavy atom. The number of nitrogens with zero attached hydrogens (tertiary/aromatic N) is 2. The van der Waals surface area contributed by atoms with Crippen molar-refractivity contribution in [2.24, 2.45) is 5.73 Å². The minimum absolute atomic E-state index is 0.00127. The van der Waals surface area contributed by atoms with Gasteiger partial charge in [0.2, 0.25) is 0 Å². The number of halogens is 3. The van der Waals surface area contributed by atoms with Crippen molar-refractivity contribution in [3.8, 4) is 17.0 Å². The molecule has 1 aromatic heterocycles. The zero-order valence-electron chi connectivity index (χ0n) is 19.1. The Morgan fingerprint density at radius 1 is 1.20 bits per heavy atom. The van der Waals surface area contributed by atoms with Gasteiger partial charge < -0.3 is 26.3 Å². The highest BCUT2D eigenvalue weighted by molar-refractivity contribution is 5.96. The van der Waals surface area contributed by atoms with Crippen molar-refractivity contribution in [2.75, 3.05) is 26.1 Å². The Hall–Kier alpha value is -3.57. The molecule has 0 atom stereocenters. The van der Waals surface area contributed by atoms with Crippen LogP contribution < -0.4 is 21.5 Å². The van der Waals surface area contributed by atoms with E-state index in [4.69, 9.17) is 20.9 Å². The Balaban J connectivity index is 1.59. The molecular formula is C24H26F3N5O3. The van der Waals surface area contributed by atoms with E-state index in [1.54, 1.807) is 4.68 Å². The molecule has 5 N–H and O–H groups in total. The number of anilines is 1. The van der Waals surface area contributed by atoms with Gasteiger partial charge in [-0.15, -0.1) is 0 Å². The van der Waals surface area contributed by atoms with Gasteiger partial charge in [-0.05, 0) is 37.1 Å². The molecule has 0 saturated carbocycles. The fraction of sp³-hybridized carbons (Fsp3) is 0.333. The van der Waals surface area contributed by atoms with Crippen LogP contribution in [-0.2, 0) is 17.8 Å². The van der Waals surface area contributed by atoms with Gasteiger partial charge in [-0.3, -0.25) is 4.79 Å². The number of hydrogen-bond donors (Lipinski definition) is 3. The van der Waals surface area contributed by atoms with Crippen LogP contribution in [-0.4, -0.2) is 36.0 Å². The predicted molar refractivity (Wildman–Crippen MR) is 123 cm³/mol. The van der Waals surface area contributed by atoms with E-state index in [2.05, 4.69) is 10.4 Å². The maximum Gasteiger partial charge on any atom is 0.255 e. The van der Waals surface area contributed by atoms with E-state index < -0.39 is 23.4 Å². The van der Waals surface area contributed by atoms with Crippen molar-refractivity contribution in [1.82, 2.24) is 15.1 Å². The van der Waals surface area contributed by atoms with Crippen molar-refractivity contribution in [2.45, 2.75) is 32.0 Å². The minimum atomic E-state index is -1.14. The van der Waals surface area contributed by atoms with Gasteiger partial charge in [0.25, 0.3) is 5.91 Å². The molecule has 1 aliphatic rings. The monoisotopic (exact) mass is 489 g/mol. The minimum Gasteiger partial charge on any atom is -0.496 e. The first kappa shape index (κ1) is 24.6. The van der Waals surface area contributed by atoms with Crippen LogP contribution in [0.5, 0.6) is 5.75 Å². The molecule has 2 heterocycles. The molecule has 0 aliphatic carbocycles. The third kappa shape index (κ3) is 4.82. The molecule has 11 heteroatoms. The molecule has 1 amide bonds. The first-order chi connectivity index (χ1) is 16.8. The summed E-state index contributed by atoms with van der Waals surface area (Å²) in [4.78, 5) is 12.5. The Bertz CT molecular complexity index is 1240. The highest BCUT2D eigenvalue weighted by Gasteiger charge is 2.26. The maximum atomic E-state index is 15.2. The Kier molecular flexibility index (Phi) is 7.27. The first-order valence-corrected chi connectivity index (χ1v) is 11.1. The second-order valence-electron chi connectivity index (χ2n) is 8.13. The maximum absolute atomic E-state index is 15.2. The summed E-state index contributed by atoms with van der Waals surface area (Å²) in [6.07, 6.45) is 1.39. The van der Waals surface area contributed by atoms with Crippen LogP contribution in [0.2, 0.25) is 0 Å². The number of rotatable bonds is 7. The summed E-state index contributed by atoms with van der Waals surface area (Å²) >= 11 is 0. The fourth-order valence-electron chi connectivity index (χ4n) is 4.14. The van der Waals surface area contributed by atoms with Crippen molar-refractivity contribution in [1.29, 1.82) is 0 Å². The number of carbonyl (C=O) groups is 1. The van der Waals surface area contributed by atoms with Crippen LogP contribution in [0.3, 0.4) is 0 Å². The predicted octanol–water partition coefficient (Wildman–Crippen LogP) is 3.30. The lowest BCUT2D eigenvalue weighted by molar-refractivity contribution is 0.0669. The summed E-state index contributed by atoms with van der Waals surface area (Å²) < 4.78 is 55.7. The molecular weight excluding hydrogens is 463 g/mol. The van der Waals surface area contributed by atoms with Crippen LogP contribution >= 0.6 is 0 Å². The van der Waals surface area contributed by atoms with E-state index in [9.17, 15) is 13.6 Å². The zero-order valence-corrected chi connectivity index (χ0v) is 19.1. The van der Waals surface area contributed by atoms with E-state index in [0.717, 1.165) is 12.1 Å². The molecule has 1 fully saturated rings. The van der Waals surface area contributed by atoms with Crippen LogP contribution in [0.15, 0.2) is 30.3 Å². The number of carbonyl (C=O) groups excluding carboxylic acids is 1. The summed E-state index contributed by atoms with van der Waals surface area (Å²) in [5, 5.41) is 6.94. The van der Waals surface area contributed by atoms with E-state index in [1.807, 2.05) is 0 Å². The Morgan fingerprint density at radius 2 is 1.94 bits per heavy atom. The number of ether oxygens (including phenoxy) is 2. The van der Waals surface area contributed by atoms with E-state index >= 15 is 4.39 Å². The molecule has 0 spiro atoms. The molecule has 0 unspecified atom stereocenters. The summed E-state index contributed by atoms with van der Waals surface area (Å²) in [6, 6.07) is 6.15. The number of nitrogens with one attached hydrogen (secondary N) is 1. The fourth-order valence-corrected chi connectivity index (χ4v) is 4.14. The van der Waals surface area contributed by atoms with Gasteiger partial charge in [-0.25, -0.2) is 17.9 Å². The molecule has 3 aromatic rings. The summed E-state index contributed by atoms with van der Waals surface area (Å²) in [5.74, 6) is -3.14. The van der Waals surface area contributed by atoms with Crippen LogP contribution in [0.4, 0.5) is 19.0 Å². The van der Waals surface area contributed by atoms with Gasteiger partial charge in [0.1, 0.15) is 23.1 Å². The average Bonchev–Trinajstić information content (AvgIpc) is 3.21. The second-order valence-corrected chi connectivity index (χ2v) is 8.13. The number of methoxy groups -OCH3 is 1. The lowest BCUT2D eigenvalue weighted by Crippen LogP contribution is -2.24. The van der Waals surface area contributed by atoms with Crippen molar-refractivity contribution >= 4 is 11.7 Å². The smallest absolute Gasteiger partial charge is 0.255 e. The SMILES string of the molecule is COc1ccc(F)cc1C(=O)NCc1ccc(-c2nn(C3CCOCC3)c(N)c2CN)c(F)c1F. The highest BCUT2D eigenvalue weighted by Crippen LogP contribution is 2.34. The quantitative estimate of drug-likeness (QED) is 0.469. The van der Waals surface area contributed by atoms with Gasteiger partial charge in [-0.2, -0.15) is 5.10 Å². The summed E-state index contributed by atoms with van der Waals surface area (Å²) in [7, 11) is 1.34. The molecule has 1 saturated heterocycles. The standard InChI is InChI=1S/C24H26F3N5O3/c1-34-19-5-3-14(25)10-17(19)24(33)30-12-13-2-4-16(21(27)20(13)26)22-18(11-28)23(29)32(31-22)15-6-8-35-9-7-15/h2-5,10,15H,6-9,11-12,28-29H2,1H3,(H,30,33). The lowest BCUT2D eigenvalue weighted by Gasteiger charge is -2.23. The van der Waals surface area contributed by atoms with Crippen LogP contribution in [0.25, 0.3) is 11.3 Å². The number of nitrogen functional groups attached to an aromatic ring is 1. The Labute approximate surface area is 200 Å². The van der Waals surface area contributed by atoms with E-state index in [-0.39, 0.29) is 47.3 Å². The molecule has 4 rings (SSSR count). The molecule has 35 heavy (non-hydrogen) atoms. The highest BCUT2D eigenvalue weighted by atomic mass is 19.2. The number of amides is 1. The molecule has 0 bridgehead atoms. The topological polar surface area (TPSA) is 117 Å². The lowest BCUT2D eigenvalue weighted by atomic mass is 10.0.